The number of carbonyl (C=O) groups excluding carboxylic acids is 2. The number of benzene rings is 2. The van der Waals surface area contributed by atoms with Gasteiger partial charge in [-0.05, 0) is 36.8 Å². The van der Waals surface area contributed by atoms with E-state index >= 15 is 0 Å². The monoisotopic (exact) mass is 460 g/mol. The topological polar surface area (TPSA) is 102 Å². The largest absolute Gasteiger partial charge is 0.326 e. The molecule has 0 unspecified atom stereocenters. The van der Waals surface area contributed by atoms with E-state index in [1.54, 1.807) is 24.3 Å². The van der Waals surface area contributed by atoms with E-state index in [9.17, 15) is 9.59 Å². The highest BCUT2D eigenvalue weighted by molar-refractivity contribution is 8.00. The Bertz CT molecular complexity index is 1330. The zero-order valence-corrected chi connectivity index (χ0v) is 19.2. The number of hydrogen-bond acceptors (Lipinski definition) is 6. The molecule has 8 nitrogen and oxygen atoms in total. The van der Waals surface area contributed by atoms with Gasteiger partial charge in [-0.2, -0.15) is 0 Å². The van der Waals surface area contributed by atoms with E-state index in [4.69, 9.17) is 4.98 Å². The predicted molar refractivity (Wildman–Crippen MR) is 132 cm³/mol. The Kier molecular flexibility index (Phi) is 6.69. The van der Waals surface area contributed by atoms with E-state index in [1.807, 2.05) is 41.8 Å². The van der Waals surface area contributed by atoms with Crippen molar-refractivity contribution in [2.75, 3.05) is 10.6 Å². The maximum Gasteiger partial charge on any atom is 0.237 e. The highest BCUT2D eigenvalue weighted by Crippen LogP contribution is 2.29. The molecule has 0 aliphatic heterocycles. The summed E-state index contributed by atoms with van der Waals surface area (Å²) in [6.07, 6.45) is 2.41. The van der Waals surface area contributed by atoms with Crippen LogP contribution in [0.4, 0.5) is 11.4 Å². The summed E-state index contributed by atoms with van der Waals surface area (Å²) in [5, 5.41) is 15.4. The Balaban J connectivity index is 1.55. The lowest BCUT2D eigenvalue weighted by Crippen LogP contribution is -2.25. The second-order valence-electron chi connectivity index (χ2n) is 7.45. The van der Waals surface area contributed by atoms with Gasteiger partial charge in [0, 0.05) is 30.2 Å². The van der Waals surface area contributed by atoms with Crippen molar-refractivity contribution in [3.05, 3.63) is 61.2 Å². The summed E-state index contributed by atoms with van der Waals surface area (Å²) in [5.41, 5.74) is 3.79. The number of anilines is 2. The molecule has 2 heterocycles. The van der Waals surface area contributed by atoms with Crippen LogP contribution < -0.4 is 10.6 Å². The molecular weight excluding hydrogens is 436 g/mol. The first kappa shape index (κ1) is 22.5. The Morgan fingerprint density at radius 2 is 1.79 bits per heavy atom. The van der Waals surface area contributed by atoms with Crippen molar-refractivity contribution < 1.29 is 9.59 Å². The normalized spacial score (nSPS) is 11.9. The molecule has 4 rings (SSSR count). The SMILES string of the molecule is C=CCn1c2ccccc2c2nnc(S[C@H](CC)C(=O)Nc3ccc(NC(C)=O)cc3)nc21. The molecular formula is C24H24N6O2S. The van der Waals surface area contributed by atoms with Gasteiger partial charge in [0.25, 0.3) is 0 Å². The van der Waals surface area contributed by atoms with Crippen LogP contribution in [-0.2, 0) is 16.1 Å². The summed E-state index contributed by atoms with van der Waals surface area (Å²) in [6.45, 7) is 7.84. The van der Waals surface area contributed by atoms with Gasteiger partial charge >= 0.3 is 0 Å². The van der Waals surface area contributed by atoms with Crippen LogP contribution in [-0.4, -0.2) is 36.8 Å². The molecule has 9 heteroatoms. The van der Waals surface area contributed by atoms with Gasteiger partial charge < -0.3 is 15.2 Å². The highest BCUT2D eigenvalue weighted by atomic mass is 32.2. The second kappa shape index (κ2) is 9.83. The summed E-state index contributed by atoms with van der Waals surface area (Å²) in [6, 6.07) is 14.9. The molecule has 2 amide bonds. The standard InChI is InChI=1S/C24H24N6O2S/c1-4-14-30-19-9-7-6-8-18(19)21-22(30)27-24(29-28-21)33-20(5-2)23(32)26-17-12-10-16(11-13-17)25-15(3)31/h4,6-13,20H,1,5,14H2,2-3H3,(H,25,31)(H,26,32)/t20-/m1/s1. The average Bonchev–Trinajstić information content (AvgIpc) is 3.12. The van der Waals surface area contributed by atoms with Crippen molar-refractivity contribution in [1.82, 2.24) is 19.7 Å². The van der Waals surface area contributed by atoms with Crippen LogP contribution in [0, 0.1) is 0 Å². The minimum Gasteiger partial charge on any atom is -0.326 e. The van der Waals surface area contributed by atoms with E-state index in [-0.39, 0.29) is 11.8 Å². The minimum absolute atomic E-state index is 0.146. The number of rotatable bonds is 8. The van der Waals surface area contributed by atoms with Gasteiger partial charge in [0.05, 0.1) is 10.8 Å². The van der Waals surface area contributed by atoms with E-state index in [2.05, 4.69) is 27.4 Å². The summed E-state index contributed by atoms with van der Waals surface area (Å²) >= 11 is 1.29. The average molecular weight is 461 g/mol. The van der Waals surface area contributed by atoms with E-state index in [0.717, 1.165) is 22.1 Å². The minimum atomic E-state index is -0.392. The van der Waals surface area contributed by atoms with Crippen LogP contribution >= 0.6 is 11.8 Å². The molecule has 4 aromatic rings. The molecule has 0 saturated carbocycles. The fraction of sp³-hybridized carbons (Fsp3) is 0.208. The zero-order valence-electron chi connectivity index (χ0n) is 18.4. The lowest BCUT2D eigenvalue weighted by Gasteiger charge is -2.14. The maximum atomic E-state index is 12.9. The molecule has 2 aromatic heterocycles. The number of nitrogens with zero attached hydrogens (tertiary/aromatic N) is 4. The highest BCUT2D eigenvalue weighted by Gasteiger charge is 2.21. The number of para-hydroxylation sites is 1. The number of aromatic nitrogens is 4. The van der Waals surface area contributed by atoms with Gasteiger partial charge in [0.1, 0.15) is 5.52 Å². The number of thioether (sulfide) groups is 1. The fourth-order valence-corrected chi connectivity index (χ4v) is 4.38. The van der Waals surface area contributed by atoms with E-state index < -0.39 is 5.25 Å². The second-order valence-corrected chi connectivity index (χ2v) is 8.62. The molecule has 33 heavy (non-hydrogen) atoms. The quantitative estimate of drug-likeness (QED) is 0.294. The van der Waals surface area contributed by atoms with Crippen LogP contribution in [0.2, 0.25) is 0 Å². The Morgan fingerprint density at radius 3 is 2.45 bits per heavy atom. The molecule has 1 atom stereocenters. The van der Waals surface area contributed by atoms with Crippen molar-refractivity contribution in [2.45, 2.75) is 37.2 Å². The lowest BCUT2D eigenvalue weighted by molar-refractivity contribution is -0.116. The third-order valence-electron chi connectivity index (χ3n) is 5.05. The van der Waals surface area contributed by atoms with Gasteiger partial charge in [-0.25, -0.2) is 4.98 Å². The first-order valence-electron chi connectivity index (χ1n) is 10.6. The van der Waals surface area contributed by atoms with Crippen molar-refractivity contribution in [1.29, 1.82) is 0 Å². The first-order valence-corrected chi connectivity index (χ1v) is 11.5. The van der Waals surface area contributed by atoms with Crippen molar-refractivity contribution >= 4 is 57.0 Å². The zero-order chi connectivity index (χ0) is 23.4. The smallest absolute Gasteiger partial charge is 0.237 e. The number of hydrogen-bond donors (Lipinski definition) is 2. The number of fused-ring (bicyclic) bond motifs is 3. The Hall–Kier alpha value is -3.72. The third-order valence-corrected chi connectivity index (χ3v) is 6.27. The Labute approximate surface area is 195 Å². The molecule has 0 saturated heterocycles. The van der Waals surface area contributed by atoms with Crippen LogP contribution in [0.5, 0.6) is 0 Å². The Morgan fingerprint density at radius 1 is 1.09 bits per heavy atom. The molecule has 0 spiro atoms. The summed E-state index contributed by atoms with van der Waals surface area (Å²) in [7, 11) is 0. The first-order chi connectivity index (χ1) is 16.0. The van der Waals surface area contributed by atoms with Gasteiger partial charge in [-0.15, -0.1) is 16.8 Å². The van der Waals surface area contributed by atoms with E-state index in [1.165, 1.54) is 18.7 Å². The predicted octanol–water partition coefficient (Wildman–Crippen LogP) is 4.63. The summed E-state index contributed by atoms with van der Waals surface area (Å²) < 4.78 is 2.05. The molecule has 0 radical (unpaired) electrons. The summed E-state index contributed by atoms with van der Waals surface area (Å²) in [4.78, 5) is 28.8. The molecule has 0 fully saturated rings. The fourth-order valence-electron chi connectivity index (χ4n) is 3.57. The van der Waals surface area contributed by atoms with Crippen LogP contribution in [0.3, 0.4) is 0 Å². The van der Waals surface area contributed by atoms with Gasteiger partial charge in [-0.1, -0.05) is 43.0 Å². The third kappa shape index (κ3) is 4.88. The molecule has 0 bridgehead atoms. The van der Waals surface area contributed by atoms with Crippen molar-refractivity contribution in [3.8, 4) is 0 Å². The molecule has 0 aliphatic carbocycles. The van der Waals surface area contributed by atoms with Crippen LogP contribution in [0.15, 0.2) is 66.3 Å². The number of nitrogens with one attached hydrogen (secondary N) is 2. The maximum absolute atomic E-state index is 12.9. The van der Waals surface area contributed by atoms with Gasteiger partial charge in [0.2, 0.25) is 17.0 Å². The van der Waals surface area contributed by atoms with Crippen molar-refractivity contribution in [2.24, 2.45) is 0 Å². The molecule has 168 valence electrons. The molecule has 2 aromatic carbocycles. The number of carbonyl (C=O) groups is 2. The number of amides is 2. The molecule has 2 N–H and O–H groups in total. The van der Waals surface area contributed by atoms with Crippen molar-refractivity contribution in [3.63, 3.8) is 0 Å². The van der Waals surface area contributed by atoms with Crippen LogP contribution in [0.1, 0.15) is 20.3 Å². The summed E-state index contributed by atoms with van der Waals surface area (Å²) in [5.74, 6) is -0.294. The van der Waals surface area contributed by atoms with Gasteiger partial charge in [-0.3, -0.25) is 9.59 Å². The van der Waals surface area contributed by atoms with Gasteiger partial charge in [0.15, 0.2) is 5.65 Å². The van der Waals surface area contributed by atoms with E-state index in [0.29, 0.717) is 29.5 Å². The lowest BCUT2D eigenvalue weighted by atomic mass is 10.2. The van der Waals surface area contributed by atoms with Crippen LogP contribution in [0.25, 0.3) is 22.1 Å². The molecule has 0 aliphatic rings. The number of allylic oxidation sites excluding steroid dienone is 1.